The molecule has 0 aromatic heterocycles. The van der Waals surface area contributed by atoms with Crippen LogP contribution in [0, 0.1) is 0 Å². The highest BCUT2D eigenvalue weighted by atomic mass is 16.6. The minimum Gasteiger partial charge on any atom is -0.379 e. The molecule has 0 aromatic carbocycles. The molecule has 0 spiro atoms. The van der Waals surface area contributed by atoms with Crippen molar-refractivity contribution >= 4 is 0 Å². The molecule has 0 saturated heterocycles. The van der Waals surface area contributed by atoms with Crippen LogP contribution in [0.4, 0.5) is 0 Å². The summed E-state index contributed by atoms with van der Waals surface area (Å²) < 4.78 is 27.7. The standard InChI is InChI=1S/C27H55N3O5/c1-2-3-4-12-15-18-31-20-22-33-24-26-35-27-25-34-23-21-32-19-16-13-10-8-6-5-7-9-11-14-17-29-30-28/h2-27H2,1H3. The van der Waals surface area contributed by atoms with Gasteiger partial charge in [0.2, 0.25) is 0 Å². The van der Waals surface area contributed by atoms with Crippen molar-refractivity contribution < 1.29 is 23.7 Å². The Bertz CT molecular complexity index is 437. The van der Waals surface area contributed by atoms with E-state index in [1.54, 1.807) is 0 Å². The summed E-state index contributed by atoms with van der Waals surface area (Å²) >= 11 is 0. The number of rotatable bonds is 31. The smallest absolute Gasteiger partial charge is 0.0701 e. The predicted octanol–water partition coefficient (Wildman–Crippen LogP) is 7.25. The molecule has 35 heavy (non-hydrogen) atoms. The number of hydrogen-bond acceptors (Lipinski definition) is 6. The van der Waals surface area contributed by atoms with E-state index in [1.165, 1.54) is 77.0 Å². The number of hydrogen-bond donors (Lipinski definition) is 0. The fraction of sp³-hybridized carbons (Fsp3) is 1.00. The van der Waals surface area contributed by atoms with E-state index in [9.17, 15) is 0 Å². The highest BCUT2D eigenvalue weighted by Crippen LogP contribution is 2.10. The third kappa shape index (κ3) is 33.1. The second kappa shape index (κ2) is 33.1. The van der Waals surface area contributed by atoms with E-state index in [0.717, 1.165) is 32.5 Å². The van der Waals surface area contributed by atoms with E-state index in [1.807, 2.05) is 0 Å². The van der Waals surface area contributed by atoms with Gasteiger partial charge < -0.3 is 23.7 Å². The lowest BCUT2D eigenvalue weighted by atomic mass is 10.1. The highest BCUT2D eigenvalue weighted by Gasteiger charge is 1.96. The van der Waals surface area contributed by atoms with Gasteiger partial charge in [0.1, 0.15) is 0 Å². The molecule has 0 radical (unpaired) electrons. The van der Waals surface area contributed by atoms with Crippen molar-refractivity contribution in [2.75, 3.05) is 72.6 Å². The number of nitrogens with zero attached hydrogens (tertiary/aromatic N) is 3. The Balaban J connectivity index is 3.01. The molecule has 208 valence electrons. The molecule has 0 amide bonds. The molecule has 0 saturated carbocycles. The third-order valence-corrected chi connectivity index (χ3v) is 5.74. The minimum atomic E-state index is 0.591. The molecule has 8 nitrogen and oxygen atoms in total. The lowest BCUT2D eigenvalue weighted by Gasteiger charge is -2.08. The van der Waals surface area contributed by atoms with E-state index in [4.69, 9.17) is 29.2 Å². The summed E-state index contributed by atoms with van der Waals surface area (Å²) in [5, 5.41) is 3.56. The van der Waals surface area contributed by atoms with E-state index in [2.05, 4.69) is 16.9 Å². The average Bonchev–Trinajstić information content (AvgIpc) is 2.87. The van der Waals surface area contributed by atoms with Gasteiger partial charge in [-0.15, -0.1) is 0 Å². The van der Waals surface area contributed by atoms with Gasteiger partial charge in [0, 0.05) is 24.7 Å². The zero-order chi connectivity index (χ0) is 25.3. The third-order valence-electron chi connectivity index (χ3n) is 5.74. The van der Waals surface area contributed by atoms with Crippen molar-refractivity contribution in [3.8, 4) is 0 Å². The quantitative estimate of drug-likeness (QED) is 0.0431. The first kappa shape index (κ1) is 34.1. The summed E-state index contributed by atoms with van der Waals surface area (Å²) in [5.74, 6) is 0. The minimum absolute atomic E-state index is 0.591. The van der Waals surface area contributed by atoms with Crippen LogP contribution in [0.25, 0.3) is 10.4 Å². The number of unbranched alkanes of at least 4 members (excludes halogenated alkanes) is 13. The Morgan fingerprint density at radius 2 is 0.743 bits per heavy atom. The van der Waals surface area contributed by atoms with Crippen LogP contribution in [0.2, 0.25) is 0 Å². The normalized spacial score (nSPS) is 11.1. The molecule has 0 heterocycles. The topological polar surface area (TPSA) is 94.9 Å². The lowest BCUT2D eigenvalue weighted by Crippen LogP contribution is -2.13. The second-order valence-corrected chi connectivity index (χ2v) is 8.97. The molecule has 0 N–H and O–H groups in total. The molecular formula is C27H55N3O5. The van der Waals surface area contributed by atoms with Gasteiger partial charge in [0.15, 0.2) is 0 Å². The van der Waals surface area contributed by atoms with Crippen molar-refractivity contribution in [1.82, 2.24) is 0 Å². The van der Waals surface area contributed by atoms with Crippen LogP contribution in [0.1, 0.15) is 103 Å². The molecule has 0 unspecified atom stereocenters. The van der Waals surface area contributed by atoms with Gasteiger partial charge >= 0.3 is 0 Å². The van der Waals surface area contributed by atoms with Gasteiger partial charge in [0.25, 0.3) is 0 Å². The van der Waals surface area contributed by atoms with E-state index in [-0.39, 0.29) is 0 Å². The molecule has 0 aliphatic rings. The van der Waals surface area contributed by atoms with Crippen LogP contribution in [-0.2, 0) is 23.7 Å². The Labute approximate surface area is 215 Å². The fourth-order valence-electron chi connectivity index (χ4n) is 3.63. The summed E-state index contributed by atoms with van der Waals surface area (Å²) in [6, 6.07) is 0. The molecule has 0 aliphatic carbocycles. The molecule has 0 fully saturated rings. The van der Waals surface area contributed by atoms with Crippen LogP contribution in [0.15, 0.2) is 5.11 Å². The van der Waals surface area contributed by atoms with Crippen LogP contribution >= 0.6 is 0 Å². The monoisotopic (exact) mass is 501 g/mol. The first-order valence-electron chi connectivity index (χ1n) is 14.3. The van der Waals surface area contributed by atoms with Crippen molar-refractivity contribution in [2.24, 2.45) is 5.11 Å². The maximum absolute atomic E-state index is 8.21. The molecule has 8 heteroatoms. The first-order chi connectivity index (χ1) is 17.4. The summed E-state index contributed by atoms with van der Waals surface area (Å²) in [6.07, 6.45) is 18.7. The summed E-state index contributed by atoms with van der Waals surface area (Å²) in [4.78, 5) is 2.77. The van der Waals surface area contributed by atoms with E-state index in [0.29, 0.717) is 59.4 Å². The Hall–Kier alpha value is -0.890. The Kier molecular flexibility index (Phi) is 32.3. The van der Waals surface area contributed by atoms with Crippen molar-refractivity contribution in [2.45, 2.75) is 103 Å². The molecular weight excluding hydrogens is 446 g/mol. The largest absolute Gasteiger partial charge is 0.379 e. The SMILES string of the molecule is CCCCCCCOCCOCCOCCOCCOCCCCCCCCCCCCN=[N+]=[N-]. The summed E-state index contributed by atoms with van der Waals surface area (Å²) in [5.41, 5.74) is 8.21. The number of ether oxygens (including phenoxy) is 5. The van der Waals surface area contributed by atoms with Gasteiger partial charge in [-0.2, -0.15) is 0 Å². The molecule has 0 atom stereocenters. The van der Waals surface area contributed by atoms with Gasteiger partial charge in [-0.3, -0.25) is 0 Å². The molecule has 0 bridgehead atoms. The summed E-state index contributed by atoms with van der Waals surface area (Å²) in [7, 11) is 0. The van der Waals surface area contributed by atoms with Gasteiger partial charge in [0.05, 0.1) is 52.9 Å². The molecule has 0 aromatic rings. The average molecular weight is 502 g/mol. The fourth-order valence-corrected chi connectivity index (χ4v) is 3.63. The molecule has 0 aliphatic heterocycles. The van der Waals surface area contributed by atoms with Crippen LogP contribution in [-0.4, -0.2) is 72.6 Å². The second-order valence-electron chi connectivity index (χ2n) is 8.97. The van der Waals surface area contributed by atoms with Crippen molar-refractivity contribution in [1.29, 1.82) is 0 Å². The van der Waals surface area contributed by atoms with Gasteiger partial charge in [-0.1, -0.05) is 89.1 Å². The van der Waals surface area contributed by atoms with Gasteiger partial charge in [-0.05, 0) is 24.8 Å². The Morgan fingerprint density at radius 3 is 1.11 bits per heavy atom. The molecule has 0 rings (SSSR count). The summed E-state index contributed by atoms with van der Waals surface area (Å²) in [6.45, 7) is 9.50. The van der Waals surface area contributed by atoms with Crippen LogP contribution in [0.5, 0.6) is 0 Å². The number of azide groups is 1. The van der Waals surface area contributed by atoms with E-state index >= 15 is 0 Å². The van der Waals surface area contributed by atoms with Crippen LogP contribution in [0.3, 0.4) is 0 Å². The maximum atomic E-state index is 8.21. The zero-order valence-electron chi connectivity index (χ0n) is 22.8. The van der Waals surface area contributed by atoms with E-state index < -0.39 is 0 Å². The zero-order valence-corrected chi connectivity index (χ0v) is 22.8. The lowest BCUT2D eigenvalue weighted by molar-refractivity contribution is -0.0114. The van der Waals surface area contributed by atoms with Crippen LogP contribution < -0.4 is 0 Å². The predicted molar refractivity (Wildman–Crippen MR) is 143 cm³/mol. The van der Waals surface area contributed by atoms with Crippen molar-refractivity contribution in [3.05, 3.63) is 10.4 Å². The first-order valence-corrected chi connectivity index (χ1v) is 14.3. The van der Waals surface area contributed by atoms with Gasteiger partial charge in [-0.25, -0.2) is 0 Å². The Morgan fingerprint density at radius 1 is 0.429 bits per heavy atom. The highest BCUT2D eigenvalue weighted by molar-refractivity contribution is 4.51. The van der Waals surface area contributed by atoms with Crippen molar-refractivity contribution in [3.63, 3.8) is 0 Å². The maximum Gasteiger partial charge on any atom is 0.0701 e.